The highest BCUT2D eigenvalue weighted by Gasteiger charge is 2.36. The number of carbonyl (C=O) groups is 3. The summed E-state index contributed by atoms with van der Waals surface area (Å²) in [5.41, 5.74) is 2.49. The van der Waals surface area contributed by atoms with Crippen LogP contribution in [0.5, 0.6) is 0 Å². The maximum absolute atomic E-state index is 12.3. The van der Waals surface area contributed by atoms with E-state index >= 15 is 0 Å². The minimum Gasteiger partial charge on any atom is -0.325 e. The second kappa shape index (κ2) is 6.89. The first-order chi connectivity index (χ1) is 12.0. The van der Waals surface area contributed by atoms with E-state index in [1.54, 1.807) is 30.3 Å². The molecule has 0 spiro atoms. The summed E-state index contributed by atoms with van der Waals surface area (Å²) in [5.74, 6) is -0.728. The van der Waals surface area contributed by atoms with Gasteiger partial charge in [0.2, 0.25) is 5.91 Å². The molecule has 1 heterocycles. The lowest BCUT2D eigenvalue weighted by molar-refractivity contribution is -0.116. The topological polar surface area (TPSA) is 66.5 Å². The molecule has 0 saturated carbocycles. The van der Waals surface area contributed by atoms with Crippen molar-refractivity contribution in [3.8, 4) is 0 Å². The number of rotatable bonds is 5. The monoisotopic (exact) mass is 336 g/mol. The molecule has 3 rings (SSSR count). The fourth-order valence-electron chi connectivity index (χ4n) is 2.97. The van der Waals surface area contributed by atoms with Crippen molar-refractivity contribution in [2.75, 3.05) is 11.9 Å². The van der Waals surface area contributed by atoms with Crippen molar-refractivity contribution >= 4 is 23.4 Å². The average molecular weight is 336 g/mol. The molecule has 25 heavy (non-hydrogen) atoms. The lowest BCUT2D eigenvalue weighted by Crippen LogP contribution is -2.37. The summed E-state index contributed by atoms with van der Waals surface area (Å²) < 4.78 is 0. The Balaban J connectivity index is 1.68. The molecule has 3 amide bonds. The van der Waals surface area contributed by atoms with E-state index in [1.807, 2.05) is 18.2 Å². The van der Waals surface area contributed by atoms with Crippen LogP contribution >= 0.6 is 0 Å². The number of carbonyl (C=O) groups excluding carboxylic acids is 3. The molecule has 0 aromatic heterocycles. The Hall–Kier alpha value is -2.95. The van der Waals surface area contributed by atoms with E-state index in [9.17, 15) is 14.4 Å². The standard InChI is InChI=1S/C20H20N2O3/c1-13(2)10-14-6-5-7-15(11-14)21-18(23)12-22-19(24)16-8-3-4-9-17(16)20(22)25/h3-9,11,13H,10,12H2,1-2H3,(H,21,23). The third-order valence-electron chi connectivity index (χ3n) is 4.03. The normalized spacial score (nSPS) is 13.3. The second-order valence-electron chi connectivity index (χ2n) is 6.59. The molecule has 2 aromatic rings. The summed E-state index contributed by atoms with van der Waals surface area (Å²) in [7, 11) is 0. The molecule has 1 aliphatic rings. The van der Waals surface area contributed by atoms with Gasteiger partial charge in [-0.3, -0.25) is 19.3 Å². The molecule has 1 aliphatic heterocycles. The van der Waals surface area contributed by atoms with Crippen molar-refractivity contribution in [3.05, 3.63) is 65.2 Å². The van der Waals surface area contributed by atoms with Gasteiger partial charge in [-0.2, -0.15) is 0 Å². The van der Waals surface area contributed by atoms with Crippen LogP contribution in [0.3, 0.4) is 0 Å². The molecule has 5 nitrogen and oxygen atoms in total. The number of nitrogens with zero attached hydrogens (tertiary/aromatic N) is 1. The van der Waals surface area contributed by atoms with Gasteiger partial charge >= 0.3 is 0 Å². The van der Waals surface area contributed by atoms with Crippen molar-refractivity contribution in [2.45, 2.75) is 20.3 Å². The molecule has 1 N–H and O–H groups in total. The molecule has 128 valence electrons. The van der Waals surface area contributed by atoms with Crippen LogP contribution in [-0.2, 0) is 11.2 Å². The molecule has 5 heteroatoms. The first-order valence-electron chi connectivity index (χ1n) is 8.29. The molecule has 0 unspecified atom stereocenters. The quantitative estimate of drug-likeness (QED) is 0.853. The molecule has 0 saturated heterocycles. The van der Waals surface area contributed by atoms with E-state index in [0.29, 0.717) is 22.7 Å². The van der Waals surface area contributed by atoms with Gasteiger partial charge in [0.25, 0.3) is 11.8 Å². The minimum absolute atomic E-state index is 0.291. The zero-order valence-corrected chi connectivity index (χ0v) is 14.3. The third-order valence-corrected chi connectivity index (χ3v) is 4.03. The molecule has 0 aliphatic carbocycles. The number of imide groups is 1. The predicted molar refractivity (Wildman–Crippen MR) is 95.4 cm³/mol. The maximum Gasteiger partial charge on any atom is 0.262 e. The highest BCUT2D eigenvalue weighted by atomic mass is 16.2. The van der Waals surface area contributed by atoms with Gasteiger partial charge in [-0.05, 0) is 42.2 Å². The van der Waals surface area contributed by atoms with Crippen molar-refractivity contribution in [2.24, 2.45) is 5.92 Å². The van der Waals surface area contributed by atoms with E-state index in [4.69, 9.17) is 0 Å². The van der Waals surface area contributed by atoms with Gasteiger partial charge in [-0.25, -0.2) is 0 Å². The molecule has 2 aromatic carbocycles. The molecular weight excluding hydrogens is 316 g/mol. The van der Waals surface area contributed by atoms with Gasteiger partial charge in [-0.1, -0.05) is 38.1 Å². The van der Waals surface area contributed by atoms with Gasteiger partial charge in [0.05, 0.1) is 11.1 Å². The fourth-order valence-corrected chi connectivity index (χ4v) is 2.97. The van der Waals surface area contributed by atoms with Gasteiger partial charge in [0, 0.05) is 5.69 Å². The van der Waals surface area contributed by atoms with Crippen LogP contribution in [0.15, 0.2) is 48.5 Å². The van der Waals surface area contributed by atoms with Crippen LogP contribution in [0.2, 0.25) is 0 Å². The van der Waals surface area contributed by atoms with Crippen LogP contribution in [0, 0.1) is 5.92 Å². The molecular formula is C20H20N2O3. The minimum atomic E-state index is -0.427. The Labute approximate surface area is 146 Å². The summed E-state index contributed by atoms with van der Waals surface area (Å²) in [6.45, 7) is 3.97. The number of hydrogen-bond acceptors (Lipinski definition) is 3. The first kappa shape index (κ1) is 16.9. The van der Waals surface area contributed by atoms with Crippen LogP contribution in [0.25, 0.3) is 0 Å². The number of amides is 3. The zero-order chi connectivity index (χ0) is 18.0. The maximum atomic E-state index is 12.3. The van der Waals surface area contributed by atoms with E-state index < -0.39 is 17.7 Å². The lowest BCUT2D eigenvalue weighted by Gasteiger charge is -2.14. The number of benzene rings is 2. The molecule has 0 atom stereocenters. The van der Waals surface area contributed by atoms with Crippen LogP contribution in [0.1, 0.15) is 40.1 Å². The number of anilines is 1. The fraction of sp³-hybridized carbons (Fsp3) is 0.250. The Kier molecular flexibility index (Phi) is 4.65. The van der Waals surface area contributed by atoms with Crippen molar-refractivity contribution in [1.82, 2.24) is 4.90 Å². The summed E-state index contributed by atoms with van der Waals surface area (Å²) in [6, 6.07) is 14.2. The van der Waals surface area contributed by atoms with Crippen molar-refractivity contribution in [1.29, 1.82) is 0 Å². The largest absolute Gasteiger partial charge is 0.325 e. The molecule has 0 bridgehead atoms. The number of nitrogens with one attached hydrogen (secondary N) is 1. The number of fused-ring (bicyclic) bond motifs is 1. The van der Waals surface area contributed by atoms with Crippen molar-refractivity contribution < 1.29 is 14.4 Å². The Morgan fingerprint density at radius 3 is 2.24 bits per heavy atom. The van der Waals surface area contributed by atoms with Gasteiger partial charge < -0.3 is 5.32 Å². The Bertz CT molecular complexity index is 807. The van der Waals surface area contributed by atoms with E-state index in [1.165, 1.54) is 0 Å². The lowest BCUT2D eigenvalue weighted by atomic mass is 10.0. The predicted octanol–water partition coefficient (Wildman–Crippen LogP) is 3.12. The molecule has 0 fully saturated rings. The SMILES string of the molecule is CC(C)Cc1cccc(NC(=O)CN2C(=O)c3ccccc3C2=O)c1. The zero-order valence-electron chi connectivity index (χ0n) is 14.3. The van der Waals surface area contributed by atoms with Crippen molar-refractivity contribution in [3.63, 3.8) is 0 Å². The Morgan fingerprint density at radius 2 is 1.64 bits per heavy atom. The highest BCUT2D eigenvalue weighted by Crippen LogP contribution is 2.22. The summed E-state index contributed by atoms with van der Waals surface area (Å²) in [5, 5.41) is 2.77. The highest BCUT2D eigenvalue weighted by molar-refractivity contribution is 6.22. The van der Waals surface area contributed by atoms with Gasteiger partial charge in [0.15, 0.2) is 0 Å². The van der Waals surface area contributed by atoms with Gasteiger partial charge in [-0.15, -0.1) is 0 Å². The second-order valence-corrected chi connectivity index (χ2v) is 6.59. The van der Waals surface area contributed by atoms with Crippen LogP contribution < -0.4 is 5.32 Å². The van der Waals surface area contributed by atoms with E-state index in [0.717, 1.165) is 16.9 Å². The van der Waals surface area contributed by atoms with E-state index in [2.05, 4.69) is 19.2 Å². The summed E-state index contributed by atoms with van der Waals surface area (Å²) in [4.78, 5) is 37.9. The third kappa shape index (κ3) is 3.60. The van der Waals surface area contributed by atoms with E-state index in [-0.39, 0.29) is 6.54 Å². The molecule has 0 radical (unpaired) electrons. The van der Waals surface area contributed by atoms with Crippen LogP contribution in [0.4, 0.5) is 5.69 Å². The average Bonchev–Trinajstić information content (AvgIpc) is 2.80. The summed E-state index contributed by atoms with van der Waals surface area (Å²) >= 11 is 0. The smallest absolute Gasteiger partial charge is 0.262 e. The van der Waals surface area contributed by atoms with Gasteiger partial charge in [0.1, 0.15) is 6.54 Å². The first-order valence-corrected chi connectivity index (χ1v) is 8.29. The summed E-state index contributed by atoms with van der Waals surface area (Å²) in [6.07, 6.45) is 0.919. The number of hydrogen-bond donors (Lipinski definition) is 1. The Morgan fingerprint density at radius 1 is 1.00 bits per heavy atom. The van der Waals surface area contributed by atoms with Crippen LogP contribution in [-0.4, -0.2) is 29.2 Å².